The zero-order valence-electron chi connectivity index (χ0n) is 9.81. The number of amides is 1. The normalized spacial score (nSPS) is 24.8. The number of carboxylic acids is 1. The first-order valence-corrected chi connectivity index (χ1v) is 5.53. The summed E-state index contributed by atoms with van der Waals surface area (Å²) in [6, 6.07) is 0. The van der Waals surface area contributed by atoms with Crippen molar-refractivity contribution in [2.45, 2.75) is 19.8 Å². The Labute approximate surface area is 95.4 Å². The van der Waals surface area contributed by atoms with Crippen LogP contribution < -0.4 is 0 Å². The van der Waals surface area contributed by atoms with Crippen LogP contribution in [0.5, 0.6) is 0 Å². The Morgan fingerprint density at radius 1 is 1.38 bits per heavy atom. The van der Waals surface area contributed by atoms with Crippen LogP contribution in [0.15, 0.2) is 0 Å². The topological polar surface area (TPSA) is 66.8 Å². The lowest BCUT2D eigenvalue weighted by Crippen LogP contribution is -2.29. The Kier molecular flexibility index (Phi) is 4.73. The first kappa shape index (κ1) is 13.0. The van der Waals surface area contributed by atoms with Gasteiger partial charge in [-0.1, -0.05) is 6.92 Å². The number of carbonyl (C=O) groups is 2. The molecule has 0 aliphatic carbocycles. The molecule has 1 heterocycles. The average molecular weight is 229 g/mol. The third-order valence-corrected chi connectivity index (χ3v) is 3.05. The van der Waals surface area contributed by atoms with Crippen molar-refractivity contribution < 1.29 is 19.4 Å². The predicted molar refractivity (Wildman–Crippen MR) is 58.0 cm³/mol. The fourth-order valence-electron chi connectivity index (χ4n) is 2.04. The number of aliphatic carboxylic acids is 1. The lowest BCUT2D eigenvalue weighted by atomic mass is 10.00. The van der Waals surface area contributed by atoms with E-state index in [4.69, 9.17) is 9.84 Å². The van der Waals surface area contributed by atoms with E-state index in [9.17, 15) is 9.59 Å². The van der Waals surface area contributed by atoms with Crippen molar-refractivity contribution in [2.75, 3.05) is 26.8 Å². The molecule has 1 fully saturated rings. The molecule has 92 valence electrons. The second kappa shape index (κ2) is 5.84. The van der Waals surface area contributed by atoms with Gasteiger partial charge >= 0.3 is 5.97 Å². The van der Waals surface area contributed by atoms with E-state index < -0.39 is 5.97 Å². The third kappa shape index (κ3) is 3.48. The summed E-state index contributed by atoms with van der Waals surface area (Å²) in [4.78, 5) is 23.8. The highest BCUT2D eigenvalue weighted by atomic mass is 16.5. The number of carboxylic acid groups (broad SMARTS) is 1. The second-order valence-electron chi connectivity index (χ2n) is 4.39. The van der Waals surface area contributed by atoms with Gasteiger partial charge in [0.1, 0.15) is 0 Å². The number of nitrogens with zero attached hydrogens (tertiary/aromatic N) is 1. The average Bonchev–Trinajstić information content (AvgIpc) is 2.57. The van der Waals surface area contributed by atoms with Crippen molar-refractivity contribution in [3.8, 4) is 0 Å². The summed E-state index contributed by atoms with van der Waals surface area (Å²) in [6.07, 6.45) is 0.0143. The molecule has 1 N–H and O–H groups in total. The van der Waals surface area contributed by atoms with Gasteiger partial charge in [-0.3, -0.25) is 9.59 Å². The molecule has 0 unspecified atom stereocenters. The Bertz CT molecular complexity index is 267. The van der Waals surface area contributed by atoms with Gasteiger partial charge in [0.05, 0.1) is 13.0 Å². The van der Waals surface area contributed by atoms with Gasteiger partial charge in [0.15, 0.2) is 0 Å². The van der Waals surface area contributed by atoms with E-state index in [2.05, 4.69) is 6.92 Å². The summed E-state index contributed by atoms with van der Waals surface area (Å²) in [5, 5.41) is 8.50. The Balaban J connectivity index is 2.39. The number of hydrogen-bond donors (Lipinski definition) is 1. The van der Waals surface area contributed by atoms with Crippen molar-refractivity contribution in [2.24, 2.45) is 11.8 Å². The highest BCUT2D eigenvalue weighted by Crippen LogP contribution is 2.23. The fourth-order valence-corrected chi connectivity index (χ4v) is 2.04. The zero-order valence-corrected chi connectivity index (χ0v) is 9.81. The highest BCUT2D eigenvalue weighted by Gasteiger charge is 2.31. The van der Waals surface area contributed by atoms with Crippen LogP contribution in [0.2, 0.25) is 0 Å². The largest absolute Gasteiger partial charge is 0.481 e. The Morgan fingerprint density at radius 3 is 2.62 bits per heavy atom. The first-order chi connectivity index (χ1) is 7.54. The van der Waals surface area contributed by atoms with E-state index >= 15 is 0 Å². The molecule has 0 aromatic carbocycles. The van der Waals surface area contributed by atoms with E-state index in [1.54, 1.807) is 12.0 Å². The van der Waals surface area contributed by atoms with Crippen molar-refractivity contribution in [1.82, 2.24) is 4.90 Å². The van der Waals surface area contributed by atoms with Crippen LogP contribution in [0.4, 0.5) is 0 Å². The Morgan fingerprint density at radius 2 is 2.06 bits per heavy atom. The molecule has 0 bridgehead atoms. The van der Waals surface area contributed by atoms with Gasteiger partial charge in [0.25, 0.3) is 0 Å². The van der Waals surface area contributed by atoms with Gasteiger partial charge in [0, 0.05) is 32.5 Å². The van der Waals surface area contributed by atoms with Gasteiger partial charge in [-0.05, 0) is 5.92 Å². The minimum absolute atomic E-state index is 0.0622. The summed E-state index contributed by atoms with van der Waals surface area (Å²) < 4.78 is 5.09. The SMILES string of the molecule is COC[C@@H]1CN(C(=O)CCC(=O)O)C[C@@H]1C. The van der Waals surface area contributed by atoms with Gasteiger partial charge < -0.3 is 14.7 Å². The first-order valence-electron chi connectivity index (χ1n) is 5.53. The predicted octanol–water partition coefficient (Wildman–Crippen LogP) is 0.592. The minimum Gasteiger partial charge on any atom is -0.481 e. The smallest absolute Gasteiger partial charge is 0.303 e. The van der Waals surface area contributed by atoms with Crippen molar-refractivity contribution >= 4 is 11.9 Å². The molecule has 16 heavy (non-hydrogen) atoms. The molecule has 0 radical (unpaired) electrons. The second-order valence-corrected chi connectivity index (χ2v) is 4.39. The molecule has 0 aromatic rings. The molecule has 5 nitrogen and oxygen atoms in total. The van der Waals surface area contributed by atoms with Crippen LogP contribution in [0.25, 0.3) is 0 Å². The van der Waals surface area contributed by atoms with Crippen LogP contribution in [-0.2, 0) is 14.3 Å². The summed E-state index contributed by atoms with van der Waals surface area (Å²) in [5.74, 6) is -0.186. The standard InChI is InChI=1S/C11H19NO4/c1-8-5-12(6-9(8)7-16-2)10(13)3-4-11(14)15/h8-9H,3-7H2,1-2H3,(H,14,15)/t8-,9-/m0/s1. The molecule has 1 amide bonds. The number of rotatable bonds is 5. The van der Waals surface area contributed by atoms with E-state index in [1.807, 2.05) is 0 Å². The number of methoxy groups -OCH3 is 1. The molecule has 1 aliphatic rings. The summed E-state index contributed by atoms with van der Waals surface area (Å²) in [5.41, 5.74) is 0. The molecule has 2 atom stereocenters. The van der Waals surface area contributed by atoms with E-state index in [0.717, 1.165) is 0 Å². The summed E-state index contributed by atoms with van der Waals surface area (Å²) in [6.45, 7) is 4.15. The zero-order chi connectivity index (χ0) is 12.1. The van der Waals surface area contributed by atoms with Crippen LogP contribution in [0, 0.1) is 11.8 Å². The van der Waals surface area contributed by atoms with Crippen LogP contribution in [0.1, 0.15) is 19.8 Å². The molecule has 1 rings (SSSR count). The number of ether oxygens (including phenoxy) is 1. The summed E-state index contributed by atoms with van der Waals surface area (Å²) >= 11 is 0. The van der Waals surface area contributed by atoms with Crippen LogP contribution in [-0.4, -0.2) is 48.7 Å². The van der Waals surface area contributed by atoms with Crippen molar-refractivity contribution in [1.29, 1.82) is 0 Å². The maximum atomic E-state index is 11.7. The van der Waals surface area contributed by atoms with Crippen molar-refractivity contribution in [3.05, 3.63) is 0 Å². The lowest BCUT2D eigenvalue weighted by Gasteiger charge is -2.15. The monoisotopic (exact) mass is 229 g/mol. The molecule has 5 heteroatoms. The van der Waals surface area contributed by atoms with Gasteiger partial charge in [-0.15, -0.1) is 0 Å². The maximum absolute atomic E-state index is 11.7. The van der Waals surface area contributed by atoms with E-state index in [0.29, 0.717) is 31.5 Å². The van der Waals surface area contributed by atoms with Crippen LogP contribution in [0.3, 0.4) is 0 Å². The number of carbonyl (C=O) groups excluding carboxylic acids is 1. The fraction of sp³-hybridized carbons (Fsp3) is 0.818. The van der Waals surface area contributed by atoms with Gasteiger partial charge in [0.2, 0.25) is 5.91 Å². The number of likely N-dealkylation sites (tertiary alicyclic amines) is 1. The van der Waals surface area contributed by atoms with Gasteiger partial charge in [-0.25, -0.2) is 0 Å². The quantitative estimate of drug-likeness (QED) is 0.749. The Hall–Kier alpha value is -1.10. The van der Waals surface area contributed by atoms with Crippen molar-refractivity contribution in [3.63, 3.8) is 0 Å². The third-order valence-electron chi connectivity index (χ3n) is 3.05. The molecular weight excluding hydrogens is 210 g/mol. The lowest BCUT2D eigenvalue weighted by molar-refractivity contribution is -0.140. The molecule has 0 aromatic heterocycles. The maximum Gasteiger partial charge on any atom is 0.303 e. The number of hydrogen-bond acceptors (Lipinski definition) is 3. The molecule has 0 spiro atoms. The molecule has 1 aliphatic heterocycles. The molecular formula is C11H19NO4. The molecule has 1 saturated heterocycles. The highest BCUT2D eigenvalue weighted by molar-refractivity contribution is 5.80. The van der Waals surface area contributed by atoms with Crippen LogP contribution >= 0.6 is 0 Å². The van der Waals surface area contributed by atoms with E-state index in [1.165, 1.54) is 0 Å². The van der Waals surface area contributed by atoms with E-state index in [-0.39, 0.29) is 18.7 Å². The van der Waals surface area contributed by atoms with Gasteiger partial charge in [-0.2, -0.15) is 0 Å². The molecule has 0 saturated carbocycles. The summed E-state index contributed by atoms with van der Waals surface area (Å²) in [7, 11) is 1.65. The minimum atomic E-state index is -0.922.